The monoisotopic (exact) mass is 558 g/mol. The minimum Gasteiger partial charge on any atom is -0.494 e. The second kappa shape index (κ2) is 12.5. The number of aliphatic hydroxyl groups excluding tert-OH is 1. The van der Waals surface area contributed by atoms with Crippen LogP contribution in [0.15, 0.2) is 91.1 Å². The van der Waals surface area contributed by atoms with Gasteiger partial charge in [0, 0.05) is 18.3 Å². The molecule has 208 valence electrons. The third-order valence-electron chi connectivity index (χ3n) is 7.03. The number of aliphatic hydroxyl groups is 1. The van der Waals surface area contributed by atoms with Crippen LogP contribution in [0.1, 0.15) is 48.0 Å². The van der Waals surface area contributed by atoms with Gasteiger partial charge in [0.2, 0.25) is 0 Å². The normalized spacial score (nSPS) is 11.8. The molecule has 0 unspecified atom stereocenters. The number of aromatic nitrogens is 1. The molecule has 0 bridgehead atoms. The van der Waals surface area contributed by atoms with E-state index < -0.39 is 8.32 Å². The van der Waals surface area contributed by atoms with Crippen molar-refractivity contribution >= 4 is 24.6 Å². The van der Waals surface area contributed by atoms with Crippen molar-refractivity contribution in [3.8, 4) is 5.75 Å². The molecule has 6 nitrogen and oxygen atoms in total. The van der Waals surface area contributed by atoms with Crippen LogP contribution in [-0.2, 0) is 24.2 Å². The molecule has 2 N–H and O–H groups in total. The van der Waals surface area contributed by atoms with E-state index >= 15 is 0 Å². The van der Waals surface area contributed by atoms with Gasteiger partial charge in [-0.2, -0.15) is 0 Å². The average Bonchev–Trinajstić information content (AvgIpc) is 2.97. The first-order valence-electron chi connectivity index (χ1n) is 13.1. The van der Waals surface area contributed by atoms with Gasteiger partial charge in [0.15, 0.2) is 0 Å². The van der Waals surface area contributed by atoms with Gasteiger partial charge in [-0.15, -0.1) is 0 Å². The third kappa shape index (κ3) is 5.99. The van der Waals surface area contributed by atoms with Crippen molar-refractivity contribution in [2.75, 3.05) is 7.11 Å². The minimum atomic E-state index is -2.94. The fourth-order valence-corrected chi connectivity index (χ4v) is 9.61. The molecular weight excluding hydrogens is 523 g/mol. The van der Waals surface area contributed by atoms with Crippen LogP contribution in [0.2, 0.25) is 5.04 Å². The van der Waals surface area contributed by atoms with Crippen LogP contribution in [0.4, 0.5) is 4.39 Å². The highest BCUT2D eigenvalue weighted by molar-refractivity contribution is 6.99. The molecule has 0 spiro atoms. The molecular formula is C32H35FN2O4Si. The van der Waals surface area contributed by atoms with Gasteiger partial charge >= 0.3 is 0 Å². The Balaban J connectivity index is 1.77. The van der Waals surface area contributed by atoms with Crippen molar-refractivity contribution in [2.24, 2.45) is 0 Å². The molecule has 4 aromatic rings. The first-order valence-corrected chi connectivity index (χ1v) is 15.1. The zero-order valence-corrected chi connectivity index (χ0v) is 24.3. The van der Waals surface area contributed by atoms with Crippen molar-refractivity contribution in [1.82, 2.24) is 10.3 Å². The maximum absolute atomic E-state index is 13.4. The number of halogens is 1. The van der Waals surface area contributed by atoms with E-state index in [-0.39, 0.29) is 42.1 Å². The van der Waals surface area contributed by atoms with Gasteiger partial charge < -0.3 is 19.6 Å². The van der Waals surface area contributed by atoms with E-state index in [2.05, 4.69) is 55.3 Å². The molecule has 0 saturated heterocycles. The Kier molecular flexibility index (Phi) is 9.14. The summed E-state index contributed by atoms with van der Waals surface area (Å²) in [5.41, 5.74) is 1.87. The molecule has 4 rings (SSSR count). The summed E-state index contributed by atoms with van der Waals surface area (Å²) < 4.78 is 26.1. The van der Waals surface area contributed by atoms with Crippen molar-refractivity contribution in [1.29, 1.82) is 0 Å². The molecule has 1 heterocycles. The summed E-state index contributed by atoms with van der Waals surface area (Å²) in [6.45, 7) is 6.45. The zero-order chi connectivity index (χ0) is 28.8. The number of hydrogen-bond acceptors (Lipinski definition) is 5. The van der Waals surface area contributed by atoms with Gasteiger partial charge in [0.1, 0.15) is 17.3 Å². The maximum atomic E-state index is 13.4. The number of carbonyl (C=O) groups excluding carboxylic acids is 1. The van der Waals surface area contributed by atoms with E-state index in [0.29, 0.717) is 17.0 Å². The second-order valence-electron chi connectivity index (χ2n) is 10.5. The van der Waals surface area contributed by atoms with E-state index in [9.17, 15) is 14.3 Å². The predicted octanol–water partition coefficient (Wildman–Crippen LogP) is 4.73. The highest BCUT2D eigenvalue weighted by atomic mass is 28.4. The van der Waals surface area contributed by atoms with Crippen LogP contribution in [0, 0.1) is 5.82 Å². The number of carbonyl (C=O) groups is 1. The summed E-state index contributed by atoms with van der Waals surface area (Å²) in [6.07, 6.45) is 1.44. The Morgan fingerprint density at radius 2 is 1.52 bits per heavy atom. The first-order chi connectivity index (χ1) is 19.2. The number of pyridine rings is 1. The average molecular weight is 559 g/mol. The van der Waals surface area contributed by atoms with Crippen molar-refractivity contribution < 1.29 is 23.5 Å². The number of nitrogens with one attached hydrogen (secondary N) is 1. The van der Waals surface area contributed by atoms with E-state index in [0.717, 1.165) is 15.9 Å². The fraction of sp³-hybridized carbons (Fsp3) is 0.250. The number of amides is 1. The lowest BCUT2D eigenvalue weighted by Crippen LogP contribution is -2.66. The van der Waals surface area contributed by atoms with E-state index in [1.165, 1.54) is 25.4 Å². The lowest BCUT2D eigenvalue weighted by atomic mass is 10.1. The third-order valence-corrected chi connectivity index (χ3v) is 12.0. The number of ether oxygens (including phenoxy) is 1. The predicted molar refractivity (Wildman–Crippen MR) is 157 cm³/mol. The van der Waals surface area contributed by atoms with Gasteiger partial charge in [0.05, 0.1) is 25.9 Å². The van der Waals surface area contributed by atoms with E-state index in [4.69, 9.17) is 9.16 Å². The quantitative estimate of drug-likeness (QED) is 0.275. The highest BCUT2D eigenvalue weighted by Crippen LogP contribution is 2.38. The van der Waals surface area contributed by atoms with Crippen LogP contribution in [0.5, 0.6) is 5.75 Å². The molecule has 1 amide bonds. The van der Waals surface area contributed by atoms with Crippen LogP contribution in [0.3, 0.4) is 0 Å². The molecule has 0 atom stereocenters. The van der Waals surface area contributed by atoms with Crippen LogP contribution < -0.4 is 20.4 Å². The van der Waals surface area contributed by atoms with Crippen molar-refractivity contribution in [3.05, 3.63) is 119 Å². The number of hydrogen-bond donors (Lipinski definition) is 2. The second-order valence-corrected chi connectivity index (χ2v) is 14.9. The fourth-order valence-electron chi connectivity index (χ4n) is 5.09. The molecule has 0 aliphatic carbocycles. The molecule has 8 heteroatoms. The SMILES string of the molecule is COc1c(CO)ncc(C(=O)NCc2ccc(F)cc2)c1CO[Si](c1ccccc1)(c1ccccc1)C(C)(C)C. The first kappa shape index (κ1) is 29.1. The highest BCUT2D eigenvalue weighted by Gasteiger charge is 2.50. The number of benzene rings is 3. The molecule has 40 heavy (non-hydrogen) atoms. The molecule has 1 aromatic heterocycles. The maximum Gasteiger partial charge on any atom is 0.261 e. The molecule has 0 saturated carbocycles. The van der Waals surface area contributed by atoms with Crippen LogP contribution in [0.25, 0.3) is 0 Å². The molecule has 0 fully saturated rings. The Bertz CT molecular complexity index is 1390. The van der Waals surface area contributed by atoms with Gasteiger partial charge in [-0.1, -0.05) is 93.6 Å². The van der Waals surface area contributed by atoms with Gasteiger partial charge in [-0.3, -0.25) is 9.78 Å². The largest absolute Gasteiger partial charge is 0.494 e. The minimum absolute atomic E-state index is 0.0608. The lowest BCUT2D eigenvalue weighted by Gasteiger charge is -2.43. The Morgan fingerprint density at radius 3 is 2.02 bits per heavy atom. The Morgan fingerprint density at radius 1 is 0.950 bits per heavy atom. The summed E-state index contributed by atoms with van der Waals surface area (Å²) >= 11 is 0. The van der Waals surface area contributed by atoms with Gasteiger partial charge in [-0.25, -0.2) is 4.39 Å². The molecule has 0 aliphatic rings. The molecule has 0 radical (unpaired) electrons. The Hall–Kier alpha value is -3.85. The smallest absolute Gasteiger partial charge is 0.261 e. The molecule has 0 aliphatic heterocycles. The van der Waals surface area contributed by atoms with Gasteiger partial charge in [-0.05, 0) is 33.1 Å². The van der Waals surface area contributed by atoms with Gasteiger partial charge in [0.25, 0.3) is 14.2 Å². The van der Waals surface area contributed by atoms with Crippen LogP contribution >= 0.6 is 0 Å². The van der Waals surface area contributed by atoms with Crippen LogP contribution in [-0.4, -0.2) is 31.4 Å². The summed E-state index contributed by atoms with van der Waals surface area (Å²) in [5, 5.41) is 14.8. The van der Waals surface area contributed by atoms with Crippen molar-refractivity contribution in [3.63, 3.8) is 0 Å². The van der Waals surface area contributed by atoms with E-state index in [1.54, 1.807) is 12.1 Å². The number of nitrogens with zero attached hydrogens (tertiary/aromatic N) is 1. The Labute approximate surface area is 236 Å². The number of rotatable bonds is 10. The van der Waals surface area contributed by atoms with E-state index in [1.807, 2.05) is 36.4 Å². The molecule has 3 aromatic carbocycles. The topological polar surface area (TPSA) is 80.7 Å². The standard InChI is InChI=1S/C32H35FN2O4Si/c1-32(2,3)40(25-11-7-5-8-12-25,26-13-9-6-10-14-26)39-22-28-27(20-34-29(21-36)30(28)38-4)31(37)35-19-23-15-17-24(33)18-16-23/h5-18,20,36H,19,21-22H2,1-4H3,(H,35,37). The summed E-state index contributed by atoms with van der Waals surface area (Å²) in [7, 11) is -1.45. The summed E-state index contributed by atoms with van der Waals surface area (Å²) in [4.78, 5) is 17.7. The lowest BCUT2D eigenvalue weighted by molar-refractivity contribution is 0.0946. The number of methoxy groups -OCH3 is 1. The summed E-state index contributed by atoms with van der Waals surface area (Å²) in [5.74, 6) is -0.401. The summed E-state index contributed by atoms with van der Waals surface area (Å²) in [6, 6.07) is 26.4. The zero-order valence-electron chi connectivity index (χ0n) is 23.3. The van der Waals surface area contributed by atoms with Crippen molar-refractivity contribution in [2.45, 2.75) is 45.6 Å².